The molecule has 0 aromatic rings. The van der Waals surface area contributed by atoms with E-state index in [-0.39, 0.29) is 11.3 Å². The predicted octanol–water partition coefficient (Wildman–Crippen LogP) is 4.73. The lowest BCUT2D eigenvalue weighted by atomic mass is 9.49. The lowest BCUT2D eigenvalue weighted by Crippen LogP contribution is -2.54. The quantitative estimate of drug-likeness (QED) is 0.573. The van der Waals surface area contributed by atoms with Crippen molar-refractivity contribution in [2.75, 3.05) is 11.5 Å². The summed E-state index contributed by atoms with van der Waals surface area (Å²) in [6.45, 7) is 4.45. The molecular formula is C21H28O2S2. The Morgan fingerprint density at radius 3 is 2.68 bits per heavy atom. The first-order chi connectivity index (χ1) is 11.9. The van der Waals surface area contributed by atoms with Crippen LogP contribution in [0.1, 0.15) is 52.4 Å². The molecular weight excluding hydrogens is 348 g/mol. The molecule has 5 aliphatic rings. The van der Waals surface area contributed by atoms with Crippen LogP contribution in [0.25, 0.3) is 0 Å². The Labute approximate surface area is 159 Å². The van der Waals surface area contributed by atoms with E-state index in [2.05, 4.69) is 43.4 Å². The van der Waals surface area contributed by atoms with Crippen molar-refractivity contribution < 1.29 is 9.59 Å². The molecule has 4 heteroatoms. The summed E-state index contributed by atoms with van der Waals surface area (Å²) in [5.41, 5.74) is 1.24. The first-order valence-corrected chi connectivity index (χ1v) is 12.0. The van der Waals surface area contributed by atoms with Crippen molar-refractivity contribution in [3.05, 3.63) is 11.6 Å². The van der Waals surface area contributed by atoms with E-state index in [4.69, 9.17) is 0 Å². The maximum absolute atomic E-state index is 13.2. The first-order valence-electron chi connectivity index (χ1n) is 9.99. The van der Waals surface area contributed by atoms with Crippen LogP contribution in [0.15, 0.2) is 11.6 Å². The highest BCUT2D eigenvalue weighted by Gasteiger charge is 2.61. The molecule has 6 atom stereocenters. The minimum absolute atomic E-state index is 0.202. The number of carbonyl (C=O) groups is 2. The van der Waals surface area contributed by atoms with E-state index >= 15 is 0 Å². The van der Waals surface area contributed by atoms with Gasteiger partial charge in [-0.15, -0.1) is 23.5 Å². The third-order valence-corrected chi connectivity index (χ3v) is 11.4. The van der Waals surface area contributed by atoms with Gasteiger partial charge in [0.05, 0.1) is 4.08 Å². The second-order valence-electron chi connectivity index (χ2n) is 9.29. The zero-order chi connectivity index (χ0) is 17.4. The second-order valence-corrected chi connectivity index (χ2v) is 12.4. The average Bonchev–Trinajstić information content (AvgIpc) is 3.12. The molecule has 4 fully saturated rings. The molecule has 136 valence electrons. The number of allylic oxidation sites excluding steroid dienone is 1. The third kappa shape index (κ3) is 2.32. The lowest BCUT2D eigenvalue weighted by Gasteiger charge is -2.54. The van der Waals surface area contributed by atoms with E-state index in [1.165, 1.54) is 24.3 Å². The summed E-state index contributed by atoms with van der Waals surface area (Å²) in [6.07, 6.45) is 8.39. The van der Waals surface area contributed by atoms with Crippen LogP contribution in [0.3, 0.4) is 0 Å². The fraction of sp³-hybridized carbons (Fsp3) is 0.810. The molecule has 0 aromatic heterocycles. The SMILES string of the molecule is C[C@@H]1CC2=CC3(CCC2C2C(=O)C[C@]4(C)C(=O)CCC4C21)SCCS3. The van der Waals surface area contributed by atoms with Gasteiger partial charge in [0, 0.05) is 35.7 Å². The minimum atomic E-state index is -0.346. The average molecular weight is 377 g/mol. The van der Waals surface area contributed by atoms with Crippen molar-refractivity contribution in [2.45, 2.75) is 56.5 Å². The van der Waals surface area contributed by atoms with Gasteiger partial charge < -0.3 is 0 Å². The van der Waals surface area contributed by atoms with Crippen LogP contribution in [-0.2, 0) is 9.59 Å². The summed E-state index contributed by atoms with van der Waals surface area (Å²) in [5.74, 6) is 5.41. The number of hydrogen-bond donors (Lipinski definition) is 0. The molecule has 0 aromatic carbocycles. The highest BCUT2D eigenvalue weighted by Crippen LogP contribution is 2.63. The van der Waals surface area contributed by atoms with E-state index in [9.17, 15) is 9.59 Å². The Bertz CT molecular complexity index is 663. The molecule has 0 N–H and O–H groups in total. The number of thioether (sulfide) groups is 2. The monoisotopic (exact) mass is 376 g/mol. The summed E-state index contributed by atoms with van der Waals surface area (Å²) in [7, 11) is 0. The smallest absolute Gasteiger partial charge is 0.139 e. The molecule has 2 nitrogen and oxygen atoms in total. The van der Waals surface area contributed by atoms with Gasteiger partial charge in [-0.2, -0.15) is 0 Å². The summed E-state index contributed by atoms with van der Waals surface area (Å²) in [5, 5.41) is 0. The van der Waals surface area contributed by atoms with Crippen LogP contribution in [0.2, 0.25) is 0 Å². The van der Waals surface area contributed by atoms with Crippen molar-refractivity contribution in [3.63, 3.8) is 0 Å². The van der Waals surface area contributed by atoms with Crippen LogP contribution in [0.5, 0.6) is 0 Å². The van der Waals surface area contributed by atoms with Crippen molar-refractivity contribution in [2.24, 2.45) is 35.0 Å². The fourth-order valence-electron chi connectivity index (χ4n) is 6.96. The van der Waals surface area contributed by atoms with Crippen LogP contribution in [0.4, 0.5) is 0 Å². The zero-order valence-corrected chi connectivity index (χ0v) is 16.9. The lowest BCUT2D eigenvalue weighted by molar-refractivity contribution is -0.148. The molecule has 3 saturated carbocycles. The van der Waals surface area contributed by atoms with Gasteiger partial charge in [-0.1, -0.05) is 25.5 Å². The number of fused-ring (bicyclic) bond motifs is 5. The van der Waals surface area contributed by atoms with E-state index in [0.717, 1.165) is 12.8 Å². The third-order valence-electron chi connectivity index (χ3n) is 8.04. The van der Waals surface area contributed by atoms with Crippen LogP contribution in [0, 0.1) is 35.0 Å². The summed E-state index contributed by atoms with van der Waals surface area (Å²) in [6, 6.07) is 0. The van der Waals surface area contributed by atoms with Crippen LogP contribution >= 0.6 is 23.5 Å². The van der Waals surface area contributed by atoms with Crippen molar-refractivity contribution in [1.29, 1.82) is 0 Å². The van der Waals surface area contributed by atoms with Gasteiger partial charge in [-0.05, 0) is 49.4 Å². The normalized spacial score (nSPS) is 48.1. The Hall–Kier alpha value is -0.220. The predicted molar refractivity (Wildman–Crippen MR) is 105 cm³/mol. The molecule has 0 bridgehead atoms. The Balaban J connectivity index is 1.52. The molecule has 1 saturated heterocycles. The Morgan fingerprint density at radius 2 is 1.92 bits per heavy atom. The Morgan fingerprint density at radius 1 is 1.16 bits per heavy atom. The molecule has 1 heterocycles. The summed E-state index contributed by atoms with van der Waals surface area (Å²) < 4.78 is 0.313. The van der Waals surface area contributed by atoms with E-state index in [0.29, 0.717) is 52.2 Å². The summed E-state index contributed by atoms with van der Waals surface area (Å²) in [4.78, 5) is 25.8. The van der Waals surface area contributed by atoms with E-state index < -0.39 is 0 Å². The molecule has 5 rings (SSSR count). The zero-order valence-electron chi connectivity index (χ0n) is 15.3. The molecule has 1 spiro atoms. The number of hydrogen-bond acceptors (Lipinski definition) is 4. The highest BCUT2D eigenvalue weighted by molar-refractivity contribution is 8.21. The van der Waals surface area contributed by atoms with Gasteiger partial charge >= 0.3 is 0 Å². The van der Waals surface area contributed by atoms with E-state index in [1.807, 2.05) is 0 Å². The maximum Gasteiger partial charge on any atom is 0.139 e. The summed E-state index contributed by atoms with van der Waals surface area (Å²) >= 11 is 4.25. The molecule has 4 unspecified atom stereocenters. The van der Waals surface area contributed by atoms with Crippen LogP contribution < -0.4 is 0 Å². The first kappa shape index (κ1) is 16.9. The number of Topliss-reactive ketones (excluding diaryl/α,β-unsaturated/α-hetero) is 2. The largest absolute Gasteiger partial charge is 0.299 e. The van der Waals surface area contributed by atoms with Crippen LogP contribution in [-0.4, -0.2) is 27.2 Å². The van der Waals surface area contributed by atoms with Gasteiger partial charge in [0.2, 0.25) is 0 Å². The highest BCUT2D eigenvalue weighted by atomic mass is 32.2. The number of carbonyl (C=O) groups excluding carboxylic acids is 2. The minimum Gasteiger partial charge on any atom is -0.299 e. The molecule has 25 heavy (non-hydrogen) atoms. The standard InChI is InChI=1S/C21H28O2S2/c1-12-9-13-10-21(24-7-8-25-21)6-5-14(13)19-16(22)11-20(2)15(18(12)19)3-4-17(20)23/h10,12,14-15,18-19H,3-9,11H2,1-2H3/t12-,14?,15?,18?,19?,20+/m1/s1. The fourth-order valence-corrected chi connectivity index (χ4v) is 10.1. The topological polar surface area (TPSA) is 34.1 Å². The van der Waals surface area contributed by atoms with Gasteiger partial charge in [-0.3, -0.25) is 9.59 Å². The van der Waals surface area contributed by atoms with E-state index in [1.54, 1.807) is 5.57 Å². The number of ketones is 2. The van der Waals surface area contributed by atoms with Gasteiger partial charge in [0.25, 0.3) is 0 Å². The van der Waals surface area contributed by atoms with Crippen molar-refractivity contribution in [3.8, 4) is 0 Å². The molecule has 1 aliphatic heterocycles. The maximum atomic E-state index is 13.2. The Kier molecular flexibility index (Phi) is 3.82. The van der Waals surface area contributed by atoms with Crippen molar-refractivity contribution in [1.82, 2.24) is 0 Å². The molecule has 0 amide bonds. The number of rotatable bonds is 0. The van der Waals surface area contributed by atoms with Gasteiger partial charge in [0.15, 0.2) is 0 Å². The molecule has 4 aliphatic carbocycles. The van der Waals surface area contributed by atoms with Gasteiger partial charge in [0.1, 0.15) is 11.6 Å². The molecule has 0 radical (unpaired) electrons. The van der Waals surface area contributed by atoms with Crippen molar-refractivity contribution >= 4 is 35.1 Å². The van der Waals surface area contributed by atoms with Gasteiger partial charge in [-0.25, -0.2) is 0 Å². The second kappa shape index (κ2) is 5.64.